The van der Waals surface area contributed by atoms with Crippen molar-refractivity contribution in [2.45, 2.75) is 19.4 Å². The highest BCUT2D eigenvalue weighted by molar-refractivity contribution is 6.30. The number of aryl methyl sites for hydroxylation is 1. The highest BCUT2D eigenvalue weighted by Gasteiger charge is 2.22. The van der Waals surface area contributed by atoms with Gasteiger partial charge in [0.2, 0.25) is 17.6 Å². The van der Waals surface area contributed by atoms with Crippen LogP contribution in [0.5, 0.6) is 0 Å². The Hall–Kier alpha value is -3.23. The van der Waals surface area contributed by atoms with Crippen LogP contribution in [0.4, 0.5) is 0 Å². The molecule has 1 aliphatic heterocycles. The summed E-state index contributed by atoms with van der Waals surface area (Å²) < 4.78 is 7.35. The van der Waals surface area contributed by atoms with Crippen molar-refractivity contribution in [3.63, 3.8) is 0 Å². The summed E-state index contributed by atoms with van der Waals surface area (Å²) in [6.45, 7) is 3.89. The molecule has 164 valence electrons. The van der Waals surface area contributed by atoms with E-state index in [1.165, 1.54) is 0 Å². The second-order valence-corrected chi connectivity index (χ2v) is 8.31. The Morgan fingerprint density at radius 1 is 1.03 bits per heavy atom. The topological polar surface area (TPSA) is 79.8 Å². The van der Waals surface area contributed by atoms with Crippen LogP contribution in [-0.4, -0.2) is 61.4 Å². The van der Waals surface area contributed by atoms with Crippen LogP contribution in [-0.2, 0) is 17.8 Å². The van der Waals surface area contributed by atoms with Crippen LogP contribution in [0, 0.1) is 0 Å². The second-order valence-electron chi connectivity index (χ2n) is 7.87. The van der Waals surface area contributed by atoms with E-state index in [-0.39, 0.29) is 5.91 Å². The van der Waals surface area contributed by atoms with E-state index in [0.29, 0.717) is 42.7 Å². The predicted molar refractivity (Wildman–Crippen MR) is 120 cm³/mol. The first-order chi connectivity index (χ1) is 15.6. The number of carbonyl (C=O) groups excluding carboxylic acids is 1. The maximum atomic E-state index is 12.7. The number of amides is 1. The van der Waals surface area contributed by atoms with Gasteiger partial charge in [-0.15, -0.1) is 0 Å². The molecule has 1 amide bonds. The molecule has 8 nitrogen and oxygen atoms in total. The van der Waals surface area contributed by atoms with Gasteiger partial charge in [-0.2, -0.15) is 4.98 Å². The number of fused-ring (bicyclic) bond motifs is 1. The van der Waals surface area contributed by atoms with Crippen molar-refractivity contribution in [2.24, 2.45) is 0 Å². The van der Waals surface area contributed by atoms with Crippen LogP contribution in [0.1, 0.15) is 18.0 Å². The maximum absolute atomic E-state index is 12.7. The molecule has 32 heavy (non-hydrogen) atoms. The van der Waals surface area contributed by atoms with Gasteiger partial charge in [0, 0.05) is 68.5 Å². The average Bonchev–Trinajstić information content (AvgIpc) is 3.45. The largest absolute Gasteiger partial charge is 0.340 e. The molecule has 0 saturated carbocycles. The molecule has 1 aromatic carbocycles. The molecule has 0 radical (unpaired) electrons. The van der Waals surface area contributed by atoms with Crippen LogP contribution in [0.2, 0.25) is 5.02 Å². The lowest BCUT2D eigenvalue weighted by atomic mass is 10.2. The highest BCUT2D eigenvalue weighted by Crippen LogP contribution is 2.19. The fraction of sp³-hybridized carbons (Fsp3) is 0.304. The minimum Gasteiger partial charge on any atom is -0.340 e. The van der Waals surface area contributed by atoms with Gasteiger partial charge in [0.05, 0.1) is 5.69 Å². The summed E-state index contributed by atoms with van der Waals surface area (Å²) in [6.07, 6.45) is 4.86. The average molecular weight is 451 g/mol. The predicted octanol–water partition coefficient (Wildman–Crippen LogP) is 3.31. The van der Waals surface area contributed by atoms with Crippen molar-refractivity contribution in [1.82, 2.24) is 29.3 Å². The Kier molecular flexibility index (Phi) is 5.87. The summed E-state index contributed by atoms with van der Waals surface area (Å²) in [7, 11) is 0. The van der Waals surface area contributed by atoms with Gasteiger partial charge in [-0.05, 0) is 36.4 Å². The van der Waals surface area contributed by atoms with Crippen LogP contribution in [0.25, 0.3) is 17.0 Å². The molecular formula is C23H23ClN6O2. The Balaban J connectivity index is 1.10. The van der Waals surface area contributed by atoms with Gasteiger partial charge in [0.1, 0.15) is 5.65 Å². The minimum atomic E-state index is 0.114. The van der Waals surface area contributed by atoms with Crippen LogP contribution < -0.4 is 0 Å². The first-order valence-electron chi connectivity index (χ1n) is 10.7. The summed E-state index contributed by atoms with van der Waals surface area (Å²) >= 11 is 5.92. The summed E-state index contributed by atoms with van der Waals surface area (Å²) in [4.78, 5) is 26.0. The molecule has 0 bridgehead atoms. The Morgan fingerprint density at radius 3 is 2.62 bits per heavy atom. The van der Waals surface area contributed by atoms with Crippen LogP contribution in [0.3, 0.4) is 0 Å². The first-order valence-corrected chi connectivity index (χ1v) is 11.0. The van der Waals surface area contributed by atoms with Crippen LogP contribution >= 0.6 is 11.6 Å². The van der Waals surface area contributed by atoms with E-state index in [1.807, 2.05) is 45.8 Å². The summed E-state index contributed by atoms with van der Waals surface area (Å²) in [5.74, 6) is 1.09. The second kappa shape index (κ2) is 9.10. The van der Waals surface area contributed by atoms with E-state index in [2.05, 4.69) is 26.2 Å². The van der Waals surface area contributed by atoms with E-state index in [1.54, 1.807) is 12.1 Å². The molecule has 1 aliphatic rings. The number of pyridine rings is 1. The van der Waals surface area contributed by atoms with E-state index in [4.69, 9.17) is 16.1 Å². The van der Waals surface area contributed by atoms with Crippen molar-refractivity contribution in [2.75, 3.05) is 26.2 Å². The molecule has 0 N–H and O–H groups in total. The third-order valence-electron chi connectivity index (χ3n) is 5.65. The van der Waals surface area contributed by atoms with Gasteiger partial charge in [0.25, 0.3) is 0 Å². The molecule has 0 spiro atoms. The molecule has 5 rings (SSSR count). The smallest absolute Gasteiger partial charge is 0.227 e. The Bertz CT molecular complexity index is 1180. The fourth-order valence-electron chi connectivity index (χ4n) is 3.89. The zero-order chi connectivity index (χ0) is 21.9. The summed E-state index contributed by atoms with van der Waals surface area (Å²) in [5.41, 5.74) is 2.83. The number of aromatic nitrogens is 4. The van der Waals surface area contributed by atoms with E-state index >= 15 is 0 Å². The number of piperazine rings is 1. The normalized spacial score (nSPS) is 14.8. The summed E-state index contributed by atoms with van der Waals surface area (Å²) in [6, 6.07) is 13.2. The number of imidazole rings is 1. The first kappa shape index (κ1) is 20.7. The quantitative estimate of drug-likeness (QED) is 0.448. The molecular weight excluding hydrogens is 428 g/mol. The van der Waals surface area contributed by atoms with Gasteiger partial charge in [-0.1, -0.05) is 22.8 Å². The van der Waals surface area contributed by atoms with E-state index < -0.39 is 0 Å². The number of halogens is 1. The minimum absolute atomic E-state index is 0.114. The molecule has 0 aliphatic carbocycles. The number of nitrogens with zero attached hydrogens (tertiary/aromatic N) is 6. The molecule has 9 heteroatoms. The van der Waals surface area contributed by atoms with Crippen molar-refractivity contribution in [1.29, 1.82) is 0 Å². The molecule has 4 heterocycles. The third-order valence-corrected chi connectivity index (χ3v) is 5.90. The van der Waals surface area contributed by atoms with Gasteiger partial charge in [0.15, 0.2) is 0 Å². The number of rotatable bonds is 6. The Labute approximate surface area is 190 Å². The number of benzene rings is 1. The van der Waals surface area contributed by atoms with Crippen molar-refractivity contribution < 1.29 is 9.32 Å². The van der Waals surface area contributed by atoms with Crippen molar-refractivity contribution >= 4 is 23.2 Å². The maximum Gasteiger partial charge on any atom is 0.227 e. The lowest BCUT2D eigenvalue weighted by Crippen LogP contribution is -2.48. The number of hydrogen-bond acceptors (Lipinski definition) is 6. The van der Waals surface area contributed by atoms with Gasteiger partial charge in [-0.25, -0.2) is 4.98 Å². The lowest BCUT2D eigenvalue weighted by molar-refractivity contribution is -0.133. The zero-order valence-corrected chi connectivity index (χ0v) is 18.3. The standard InChI is InChI=1S/C23H23ClN6O2/c24-18-6-4-17(5-7-18)23-26-21(32-27-23)8-9-22(31)29-13-11-28(12-14-29)15-19-16-30-10-2-1-3-20(30)25-19/h1-7,10,16H,8-9,11-15H2. The highest BCUT2D eigenvalue weighted by atomic mass is 35.5. The van der Waals surface area contributed by atoms with E-state index in [0.717, 1.165) is 36.5 Å². The van der Waals surface area contributed by atoms with Crippen LogP contribution in [0.15, 0.2) is 59.4 Å². The van der Waals surface area contributed by atoms with E-state index in [9.17, 15) is 4.79 Å². The van der Waals surface area contributed by atoms with Gasteiger partial charge >= 0.3 is 0 Å². The fourth-order valence-corrected chi connectivity index (χ4v) is 4.02. The SMILES string of the molecule is O=C(CCc1nc(-c2ccc(Cl)cc2)no1)N1CCN(Cc2cn3ccccc3n2)CC1. The molecule has 0 unspecified atom stereocenters. The Morgan fingerprint density at radius 2 is 1.84 bits per heavy atom. The third kappa shape index (κ3) is 4.66. The monoisotopic (exact) mass is 450 g/mol. The van der Waals surface area contributed by atoms with Gasteiger partial charge in [-0.3, -0.25) is 9.69 Å². The molecule has 3 aromatic heterocycles. The molecule has 0 atom stereocenters. The molecule has 4 aromatic rings. The van der Waals surface area contributed by atoms with Crippen molar-refractivity contribution in [3.05, 3.63) is 71.5 Å². The van der Waals surface area contributed by atoms with Gasteiger partial charge < -0.3 is 13.8 Å². The summed E-state index contributed by atoms with van der Waals surface area (Å²) in [5, 5.41) is 4.66. The van der Waals surface area contributed by atoms with Crippen molar-refractivity contribution in [3.8, 4) is 11.4 Å². The lowest BCUT2D eigenvalue weighted by Gasteiger charge is -2.34. The molecule has 1 saturated heterocycles. The zero-order valence-electron chi connectivity index (χ0n) is 17.5. The number of hydrogen-bond donors (Lipinski definition) is 0. The molecule has 1 fully saturated rings. The number of carbonyl (C=O) groups is 1.